The number of hydrogen-bond donors (Lipinski definition) is 1. The molecule has 1 atom stereocenters. The van der Waals surface area contributed by atoms with E-state index in [-0.39, 0.29) is 17.7 Å². The Morgan fingerprint density at radius 2 is 1.86 bits per heavy atom. The first-order valence-corrected chi connectivity index (χ1v) is 10.6. The van der Waals surface area contributed by atoms with Crippen molar-refractivity contribution in [2.75, 3.05) is 25.2 Å². The highest BCUT2D eigenvalue weighted by atomic mass is 35.5. The van der Waals surface area contributed by atoms with Gasteiger partial charge < -0.3 is 5.32 Å². The van der Waals surface area contributed by atoms with Gasteiger partial charge in [0, 0.05) is 21.4 Å². The molecule has 1 heterocycles. The number of anilines is 1. The number of thioether (sulfide) groups is 1. The maximum absolute atomic E-state index is 12.4. The molecule has 0 fully saturated rings. The molecule has 0 radical (unpaired) electrons. The molecule has 3 rings (SSSR count). The zero-order valence-corrected chi connectivity index (χ0v) is 18.6. The molecular formula is C20H21Cl2N5OS. The summed E-state index contributed by atoms with van der Waals surface area (Å²) in [6.45, 7) is 2.05. The monoisotopic (exact) mass is 449 g/mol. The Balaban J connectivity index is 1.81. The van der Waals surface area contributed by atoms with Crippen LogP contribution in [0.2, 0.25) is 10.0 Å². The van der Waals surface area contributed by atoms with Crippen LogP contribution in [-0.4, -0.2) is 45.4 Å². The molecule has 1 N–H and O–H groups in total. The Hall–Kier alpha value is -2.06. The number of benzene rings is 2. The Bertz CT molecular complexity index is 991. The predicted octanol–water partition coefficient (Wildman–Crippen LogP) is 4.93. The van der Waals surface area contributed by atoms with Crippen molar-refractivity contribution in [1.82, 2.24) is 19.7 Å². The Kier molecular flexibility index (Phi) is 7.18. The summed E-state index contributed by atoms with van der Waals surface area (Å²) < 4.78 is 1.96. The number of nitrogens with one attached hydrogen (secondary N) is 1. The first-order chi connectivity index (χ1) is 13.8. The van der Waals surface area contributed by atoms with Crippen molar-refractivity contribution in [3.8, 4) is 5.69 Å². The molecule has 29 heavy (non-hydrogen) atoms. The van der Waals surface area contributed by atoms with E-state index in [0.29, 0.717) is 20.9 Å². The van der Waals surface area contributed by atoms with Crippen molar-refractivity contribution in [2.24, 2.45) is 0 Å². The third-order valence-electron chi connectivity index (χ3n) is 4.33. The number of halogens is 2. The SMILES string of the molecule is CC(c1nnc(SCC(=O)Nc2cccc(Cl)c2)n1-c1ccc(Cl)cc1)N(C)C. The Morgan fingerprint density at radius 3 is 2.52 bits per heavy atom. The second-order valence-corrected chi connectivity index (χ2v) is 8.45. The van der Waals surface area contributed by atoms with Crippen LogP contribution in [0.3, 0.4) is 0 Å². The van der Waals surface area contributed by atoms with Gasteiger partial charge in [-0.1, -0.05) is 41.0 Å². The summed E-state index contributed by atoms with van der Waals surface area (Å²) in [7, 11) is 3.97. The molecular weight excluding hydrogens is 429 g/mol. The van der Waals surface area contributed by atoms with Crippen molar-refractivity contribution in [3.63, 3.8) is 0 Å². The Morgan fingerprint density at radius 1 is 1.14 bits per heavy atom. The van der Waals surface area contributed by atoms with Gasteiger partial charge in [0.05, 0.1) is 11.8 Å². The van der Waals surface area contributed by atoms with Crippen LogP contribution in [0.1, 0.15) is 18.8 Å². The summed E-state index contributed by atoms with van der Waals surface area (Å²) in [4.78, 5) is 14.4. The summed E-state index contributed by atoms with van der Waals surface area (Å²) in [5, 5.41) is 13.4. The van der Waals surface area contributed by atoms with Crippen molar-refractivity contribution >= 4 is 46.6 Å². The lowest BCUT2D eigenvalue weighted by Crippen LogP contribution is -2.21. The molecule has 0 aliphatic carbocycles. The minimum atomic E-state index is -0.148. The number of carbonyl (C=O) groups excluding carboxylic acids is 1. The van der Waals surface area contributed by atoms with E-state index in [1.807, 2.05) is 42.9 Å². The van der Waals surface area contributed by atoms with Crippen LogP contribution in [0.5, 0.6) is 0 Å². The number of nitrogens with zero attached hydrogens (tertiary/aromatic N) is 4. The van der Waals surface area contributed by atoms with Crippen LogP contribution in [0.4, 0.5) is 5.69 Å². The lowest BCUT2D eigenvalue weighted by atomic mass is 10.2. The number of carbonyl (C=O) groups is 1. The van der Waals surface area contributed by atoms with Gasteiger partial charge in [0.2, 0.25) is 5.91 Å². The number of rotatable bonds is 7. The van der Waals surface area contributed by atoms with Crippen molar-refractivity contribution in [1.29, 1.82) is 0 Å². The van der Waals surface area contributed by atoms with Gasteiger partial charge in [-0.3, -0.25) is 14.3 Å². The highest BCUT2D eigenvalue weighted by Crippen LogP contribution is 2.27. The average molecular weight is 450 g/mol. The van der Waals surface area contributed by atoms with Gasteiger partial charge in [0.25, 0.3) is 0 Å². The fraction of sp³-hybridized carbons (Fsp3) is 0.250. The largest absolute Gasteiger partial charge is 0.325 e. The minimum absolute atomic E-state index is 0.0350. The van der Waals surface area contributed by atoms with E-state index in [1.165, 1.54) is 11.8 Å². The standard InChI is InChI=1S/C20H21Cl2N5OS/c1-13(26(2)3)19-24-25-20(27(19)17-9-7-14(21)8-10-17)29-12-18(28)23-16-6-4-5-15(22)11-16/h4-11,13H,12H2,1-3H3,(H,23,28). The van der Waals surface area contributed by atoms with Crippen molar-refractivity contribution < 1.29 is 4.79 Å². The van der Waals surface area contributed by atoms with Crippen LogP contribution in [0.25, 0.3) is 5.69 Å². The van der Waals surface area contributed by atoms with Gasteiger partial charge in [0.15, 0.2) is 11.0 Å². The molecule has 0 saturated carbocycles. The van der Waals surface area contributed by atoms with Crippen LogP contribution >= 0.6 is 35.0 Å². The van der Waals surface area contributed by atoms with Gasteiger partial charge in [0.1, 0.15) is 0 Å². The fourth-order valence-electron chi connectivity index (χ4n) is 2.60. The number of aromatic nitrogens is 3. The Labute approximate surface area is 184 Å². The average Bonchev–Trinajstić information content (AvgIpc) is 3.10. The van der Waals surface area contributed by atoms with E-state index >= 15 is 0 Å². The molecule has 0 saturated heterocycles. The summed E-state index contributed by atoms with van der Waals surface area (Å²) in [6.07, 6.45) is 0. The van der Waals surface area contributed by atoms with Crippen LogP contribution in [0, 0.1) is 0 Å². The van der Waals surface area contributed by atoms with Gasteiger partial charge in [-0.05, 0) is 63.5 Å². The third-order valence-corrected chi connectivity index (χ3v) is 5.75. The van der Waals surface area contributed by atoms with Gasteiger partial charge in [-0.15, -0.1) is 10.2 Å². The van der Waals surface area contributed by atoms with Crippen LogP contribution < -0.4 is 5.32 Å². The van der Waals surface area contributed by atoms with Crippen LogP contribution in [0.15, 0.2) is 53.7 Å². The van der Waals surface area contributed by atoms with E-state index in [9.17, 15) is 4.79 Å². The molecule has 6 nitrogen and oxygen atoms in total. The van der Waals surface area contributed by atoms with E-state index in [1.54, 1.807) is 24.3 Å². The van der Waals surface area contributed by atoms with Crippen molar-refractivity contribution in [3.05, 3.63) is 64.4 Å². The summed E-state index contributed by atoms with van der Waals surface area (Å²) in [6, 6.07) is 14.5. The highest BCUT2D eigenvalue weighted by Gasteiger charge is 2.21. The topological polar surface area (TPSA) is 63.1 Å². The van der Waals surface area contributed by atoms with Crippen LogP contribution in [-0.2, 0) is 4.79 Å². The third kappa shape index (κ3) is 5.51. The lowest BCUT2D eigenvalue weighted by molar-refractivity contribution is -0.113. The zero-order valence-electron chi connectivity index (χ0n) is 16.3. The molecule has 3 aromatic rings. The highest BCUT2D eigenvalue weighted by molar-refractivity contribution is 7.99. The van der Waals surface area contributed by atoms with Gasteiger partial charge >= 0.3 is 0 Å². The molecule has 9 heteroatoms. The molecule has 152 valence electrons. The van der Waals surface area contributed by atoms with E-state index < -0.39 is 0 Å². The molecule has 1 amide bonds. The minimum Gasteiger partial charge on any atom is -0.325 e. The smallest absolute Gasteiger partial charge is 0.234 e. The summed E-state index contributed by atoms with van der Waals surface area (Å²) >= 11 is 13.3. The van der Waals surface area contributed by atoms with Crippen molar-refractivity contribution in [2.45, 2.75) is 18.1 Å². The lowest BCUT2D eigenvalue weighted by Gasteiger charge is -2.20. The molecule has 0 bridgehead atoms. The fourth-order valence-corrected chi connectivity index (χ4v) is 3.68. The first-order valence-electron chi connectivity index (χ1n) is 8.91. The molecule has 0 spiro atoms. The predicted molar refractivity (Wildman–Crippen MR) is 119 cm³/mol. The first kappa shape index (κ1) is 21.6. The second kappa shape index (κ2) is 9.63. The molecule has 1 aromatic heterocycles. The molecule has 0 aliphatic heterocycles. The summed E-state index contributed by atoms with van der Waals surface area (Å²) in [5.74, 6) is 0.828. The molecule has 0 aliphatic rings. The molecule has 2 aromatic carbocycles. The van der Waals surface area contributed by atoms with Gasteiger partial charge in [-0.2, -0.15) is 0 Å². The van der Waals surface area contributed by atoms with Gasteiger partial charge in [-0.25, -0.2) is 0 Å². The second-order valence-electron chi connectivity index (χ2n) is 6.64. The maximum atomic E-state index is 12.4. The summed E-state index contributed by atoms with van der Waals surface area (Å²) in [5.41, 5.74) is 1.55. The maximum Gasteiger partial charge on any atom is 0.234 e. The quantitative estimate of drug-likeness (QED) is 0.518. The number of hydrogen-bond acceptors (Lipinski definition) is 5. The zero-order chi connectivity index (χ0) is 21.0. The normalized spacial score (nSPS) is 12.2. The number of amides is 1. The van der Waals surface area contributed by atoms with E-state index in [0.717, 1.165) is 11.5 Å². The molecule has 1 unspecified atom stereocenters. The van der Waals surface area contributed by atoms with E-state index in [4.69, 9.17) is 23.2 Å². The van der Waals surface area contributed by atoms with E-state index in [2.05, 4.69) is 27.3 Å².